The largest absolute Gasteiger partial charge is 0.488 e. The number of nitrogens with zero attached hydrogens (tertiary/aromatic N) is 1. The fourth-order valence-corrected chi connectivity index (χ4v) is 3.28. The summed E-state index contributed by atoms with van der Waals surface area (Å²) in [6.07, 6.45) is 4.12. The molecule has 2 aromatic carbocycles. The summed E-state index contributed by atoms with van der Waals surface area (Å²) < 4.78 is 6.33. The number of hydrogen-bond acceptors (Lipinski definition) is 3. The summed E-state index contributed by atoms with van der Waals surface area (Å²) in [4.78, 5) is 4.53. The number of benzene rings is 2. The Morgan fingerprint density at radius 2 is 1.79 bits per heavy atom. The fourth-order valence-electron chi connectivity index (χ4n) is 3.15. The summed E-state index contributed by atoms with van der Waals surface area (Å²) in [5.41, 5.74) is 3.17. The second-order valence-electron chi connectivity index (χ2n) is 6.12. The zero-order valence-electron chi connectivity index (χ0n) is 13.3. The smallest absolute Gasteiger partial charge is 0.146 e. The molecule has 4 heteroatoms. The lowest BCUT2D eigenvalue weighted by Crippen LogP contribution is -2.34. The second-order valence-corrected chi connectivity index (χ2v) is 6.56. The maximum atomic E-state index is 6.33. The molecule has 1 fully saturated rings. The molecule has 0 aliphatic carbocycles. The van der Waals surface area contributed by atoms with Crippen LogP contribution in [0.15, 0.2) is 54.7 Å². The molecular weight excluding hydrogens is 320 g/mol. The Balaban J connectivity index is 1.76. The highest BCUT2D eigenvalue weighted by atomic mass is 35.5. The Kier molecular flexibility index (Phi) is 4.37. The first-order valence-corrected chi connectivity index (χ1v) is 8.69. The Hall–Kier alpha value is -2.10. The zero-order valence-corrected chi connectivity index (χ0v) is 14.1. The minimum atomic E-state index is 0.247. The van der Waals surface area contributed by atoms with Crippen molar-refractivity contribution in [2.75, 3.05) is 13.1 Å². The molecule has 2 heterocycles. The average molecular weight is 339 g/mol. The molecule has 122 valence electrons. The lowest BCUT2D eigenvalue weighted by atomic mass is 10.0. The van der Waals surface area contributed by atoms with Crippen LogP contribution in [0.4, 0.5) is 0 Å². The molecule has 1 aliphatic rings. The van der Waals surface area contributed by atoms with E-state index in [2.05, 4.69) is 28.5 Å². The quantitative estimate of drug-likeness (QED) is 0.752. The summed E-state index contributed by atoms with van der Waals surface area (Å²) >= 11 is 6.01. The number of fused-ring (bicyclic) bond motifs is 1. The molecule has 1 N–H and O–H groups in total. The molecule has 3 aromatic rings. The van der Waals surface area contributed by atoms with Gasteiger partial charge in [0.1, 0.15) is 17.4 Å². The fraction of sp³-hybridized carbons (Fsp3) is 0.250. The van der Waals surface area contributed by atoms with Crippen LogP contribution in [0.2, 0.25) is 5.02 Å². The van der Waals surface area contributed by atoms with E-state index in [1.54, 1.807) is 0 Å². The van der Waals surface area contributed by atoms with Gasteiger partial charge in [-0.15, -0.1) is 0 Å². The third-order valence-electron chi connectivity index (χ3n) is 4.43. The van der Waals surface area contributed by atoms with E-state index in [1.165, 1.54) is 0 Å². The third-order valence-corrected chi connectivity index (χ3v) is 4.68. The van der Waals surface area contributed by atoms with Crippen LogP contribution in [0.1, 0.15) is 12.8 Å². The van der Waals surface area contributed by atoms with Crippen LogP contribution in [0, 0.1) is 0 Å². The minimum Gasteiger partial charge on any atom is -0.488 e. The van der Waals surface area contributed by atoms with Crippen LogP contribution >= 0.6 is 11.6 Å². The predicted octanol–water partition coefficient (Wildman–Crippen LogP) is 4.69. The van der Waals surface area contributed by atoms with Gasteiger partial charge < -0.3 is 10.1 Å². The van der Waals surface area contributed by atoms with Crippen molar-refractivity contribution in [3.63, 3.8) is 0 Å². The lowest BCUT2D eigenvalue weighted by molar-refractivity contribution is 0.164. The molecule has 0 bridgehead atoms. The molecule has 0 unspecified atom stereocenters. The van der Waals surface area contributed by atoms with Crippen molar-refractivity contribution >= 4 is 22.5 Å². The van der Waals surface area contributed by atoms with E-state index in [1.807, 2.05) is 36.5 Å². The zero-order chi connectivity index (χ0) is 16.4. The van der Waals surface area contributed by atoms with Crippen LogP contribution in [0.25, 0.3) is 22.0 Å². The van der Waals surface area contributed by atoms with Gasteiger partial charge >= 0.3 is 0 Å². The van der Waals surface area contributed by atoms with Gasteiger partial charge in [-0.1, -0.05) is 29.8 Å². The van der Waals surface area contributed by atoms with Gasteiger partial charge in [0.05, 0.1) is 0 Å². The van der Waals surface area contributed by atoms with Crippen LogP contribution in [0.5, 0.6) is 5.75 Å². The number of hydrogen-bond donors (Lipinski definition) is 1. The molecule has 0 saturated carbocycles. The molecular formula is C20H19ClN2O. The van der Waals surface area contributed by atoms with Crippen molar-refractivity contribution in [1.29, 1.82) is 0 Å². The van der Waals surface area contributed by atoms with Crippen molar-refractivity contribution in [3.8, 4) is 16.9 Å². The number of nitrogens with one attached hydrogen (secondary N) is 1. The molecule has 0 spiro atoms. The number of piperidine rings is 1. The SMILES string of the molecule is Clc1ccc(-c2cc(OC3CCNCC3)c3ncccc3c2)cc1. The van der Waals surface area contributed by atoms with E-state index < -0.39 is 0 Å². The molecule has 1 aliphatic heterocycles. The first-order chi connectivity index (χ1) is 11.8. The van der Waals surface area contributed by atoms with E-state index >= 15 is 0 Å². The molecule has 1 saturated heterocycles. The summed E-state index contributed by atoms with van der Waals surface area (Å²) in [6.45, 7) is 2.01. The van der Waals surface area contributed by atoms with Crippen LogP contribution in [0.3, 0.4) is 0 Å². The summed E-state index contributed by atoms with van der Waals surface area (Å²) in [7, 11) is 0. The van der Waals surface area contributed by atoms with E-state index in [-0.39, 0.29) is 6.10 Å². The lowest BCUT2D eigenvalue weighted by Gasteiger charge is -2.24. The van der Waals surface area contributed by atoms with Crippen molar-refractivity contribution in [3.05, 3.63) is 59.8 Å². The Bertz CT molecular complexity index is 842. The molecule has 0 atom stereocenters. The van der Waals surface area contributed by atoms with Gasteiger partial charge in [-0.05, 0) is 67.4 Å². The van der Waals surface area contributed by atoms with Gasteiger partial charge in [-0.3, -0.25) is 4.98 Å². The molecule has 4 rings (SSSR count). The van der Waals surface area contributed by atoms with Gasteiger partial charge in [0.25, 0.3) is 0 Å². The number of ether oxygens (including phenoxy) is 1. The Labute approximate surface area is 146 Å². The highest BCUT2D eigenvalue weighted by molar-refractivity contribution is 6.30. The minimum absolute atomic E-state index is 0.247. The van der Waals surface area contributed by atoms with Crippen LogP contribution in [-0.2, 0) is 0 Å². The normalized spacial score (nSPS) is 15.5. The van der Waals surface area contributed by atoms with Gasteiger partial charge in [-0.25, -0.2) is 0 Å². The highest BCUT2D eigenvalue weighted by Crippen LogP contribution is 2.33. The van der Waals surface area contributed by atoms with Crippen molar-refractivity contribution in [2.45, 2.75) is 18.9 Å². The van der Waals surface area contributed by atoms with Crippen LogP contribution in [-0.4, -0.2) is 24.2 Å². The van der Waals surface area contributed by atoms with Crippen molar-refractivity contribution in [2.24, 2.45) is 0 Å². The third kappa shape index (κ3) is 3.23. The van der Waals surface area contributed by atoms with Gasteiger partial charge in [0, 0.05) is 16.6 Å². The number of pyridine rings is 1. The van der Waals surface area contributed by atoms with E-state index in [4.69, 9.17) is 16.3 Å². The second kappa shape index (κ2) is 6.80. The molecule has 24 heavy (non-hydrogen) atoms. The summed E-state index contributed by atoms with van der Waals surface area (Å²) in [5, 5.41) is 5.21. The molecule has 0 amide bonds. The monoisotopic (exact) mass is 338 g/mol. The molecule has 0 radical (unpaired) electrons. The number of aromatic nitrogens is 1. The van der Waals surface area contributed by atoms with E-state index in [9.17, 15) is 0 Å². The van der Waals surface area contributed by atoms with Gasteiger partial charge in [0.15, 0.2) is 0 Å². The topological polar surface area (TPSA) is 34.1 Å². The standard InChI is InChI=1S/C20H19ClN2O/c21-17-5-3-14(4-6-17)16-12-15-2-1-9-23-20(15)19(13-16)24-18-7-10-22-11-8-18/h1-6,9,12-13,18,22H,7-8,10-11H2. The number of halogens is 1. The maximum absolute atomic E-state index is 6.33. The van der Waals surface area contributed by atoms with Gasteiger partial charge in [-0.2, -0.15) is 0 Å². The molecule has 3 nitrogen and oxygen atoms in total. The Morgan fingerprint density at radius 3 is 2.58 bits per heavy atom. The van der Waals surface area contributed by atoms with Crippen molar-refractivity contribution in [1.82, 2.24) is 10.3 Å². The first-order valence-electron chi connectivity index (χ1n) is 8.32. The van der Waals surface area contributed by atoms with E-state index in [0.717, 1.165) is 58.7 Å². The number of rotatable bonds is 3. The predicted molar refractivity (Wildman–Crippen MR) is 98.7 cm³/mol. The molecule has 1 aromatic heterocycles. The summed E-state index contributed by atoms with van der Waals surface area (Å²) in [6, 6.07) is 16.2. The average Bonchev–Trinajstić information content (AvgIpc) is 2.63. The summed E-state index contributed by atoms with van der Waals surface area (Å²) in [5.74, 6) is 0.866. The first kappa shape index (κ1) is 15.4. The maximum Gasteiger partial charge on any atom is 0.146 e. The van der Waals surface area contributed by atoms with E-state index in [0.29, 0.717) is 0 Å². The Morgan fingerprint density at radius 1 is 1.00 bits per heavy atom. The van der Waals surface area contributed by atoms with Gasteiger partial charge in [0.2, 0.25) is 0 Å². The van der Waals surface area contributed by atoms with Crippen molar-refractivity contribution < 1.29 is 4.74 Å². The highest BCUT2D eigenvalue weighted by Gasteiger charge is 2.17. The van der Waals surface area contributed by atoms with Crippen LogP contribution < -0.4 is 10.1 Å².